The molecule has 0 unspecified atom stereocenters. The van der Waals surface area contributed by atoms with Crippen molar-refractivity contribution in [2.24, 2.45) is 0 Å². The number of rotatable bonds is 1. The van der Waals surface area contributed by atoms with E-state index in [9.17, 15) is 9.59 Å². The van der Waals surface area contributed by atoms with E-state index in [0.717, 1.165) is 0 Å². The smallest absolute Gasteiger partial charge is 0.343 e. The maximum Gasteiger partial charge on any atom is 0.349 e. The predicted octanol–water partition coefficient (Wildman–Crippen LogP) is 0.974. The van der Waals surface area contributed by atoms with Gasteiger partial charge < -0.3 is 4.98 Å². The Balaban J connectivity index is 2.90. The Bertz CT molecular complexity index is 652. The van der Waals surface area contributed by atoms with Gasteiger partial charge in [-0.3, -0.25) is 9.36 Å². The van der Waals surface area contributed by atoms with E-state index in [1.54, 1.807) is 13.1 Å². The third-order valence-corrected chi connectivity index (χ3v) is 2.44. The van der Waals surface area contributed by atoms with E-state index in [1.165, 1.54) is 10.6 Å². The first-order valence-electron chi connectivity index (χ1n) is 5.12. The average Bonchev–Trinajstić information content (AvgIpc) is 2.15. The van der Waals surface area contributed by atoms with E-state index >= 15 is 0 Å². The zero-order chi connectivity index (χ0) is 11.9. The minimum Gasteiger partial charge on any atom is -0.343 e. The molecule has 0 saturated heterocycles. The lowest BCUT2D eigenvalue weighted by Gasteiger charge is -2.09. The highest BCUT2D eigenvalue weighted by Crippen LogP contribution is 2.05. The molecule has 0 aliphatic rings. The molecule has 0 amide bonds. The molecule has 0 radical (unpaired) electrons. The fourth-order valence-electron chi connectivity index (χ4n) is 1.61. The van der Waals surface area contributed by atoms with Crippen LogP contribution in [0.3, 0.4) is 0 Å². The largest absolute Gasteiger partial charge is 0.349 e. The standard InChI is InChI=1S/C11H13N3O2/c1-6(2)14-5-8-9(15)4-7(3)12-10(8)13-11(14)16/h4-6H,1-3H3,(H,12,13,16). The number of pyridine rings is 1. The van der Waals surface area contributed by atoms with Gasteiger partial charge in [-0.15, -0.1) is 0 Å². The van der Waals surface area contributed by atoms with Gasteiger partial charge in [0.1, 0.15) is 5.65 Å². The van der Waals surface area contributed by atoms with Gasteiger partial charge in [0.25, 0.3) is 0 Å². The first kappa shape index (κ1) is 10.6. The molecule has 0 aromatic carbocycles. The van der Waals surface area contributed by atoms with E-state index < -0.39 is 0 Å². The van der Waals surface area contributed by atoms with Crippen LogP contribution < -0.4 is 11.1 Å². The fraction of sp³-hybridized carbons (Fsp3) is 0.364. The molecule has 0 atom stereocenters. The summed E-state index contributed by atoms with van der Waals surface area (Å²) < 4.78 is 1.45. The topological polar surface area (TPSA) is 67.8 Å². The lowest BCUT2D eigenvalue weighted by molar-refractivity contribution is 0.568. The van der Waals surface area contributed by atoms with Crippen molar-refractivity contribution in [1.29, 1.82) is 0 Å². The van der Waals surface area contributed by atoms with Crippen LogP contribution >= 0.6 is 0 Å². The SMILES string of the molecule is Cc1cc(=O)c2cn(C(C)C)c(=O)nc2[nH]1. The molecule has 16 heavy (non-hydrogen) atoms. The second-order valence-corrected chi connectivity index (χ2v) is 4.10. The van der Waals surface area contributed by atoms with Gasteiger partial charge in [0.2, 0.25) is 0 Å². The molecule has 2 rings (SSSR count). The molecule has 1 N–H and O–H groups in total. The summed E-state index contributed by atoms with van der Waals surface area (Å²) in [6, 6.07) is 1.49. The van der Waals surface area contributed by atoms with E-state index in [4.69, 9.17) is 0 Å². The molecular weight excluding hydrogens is 206 g/mol. The summed E-state index contributed by atoms with van der Waals surface area (Å²) in [6.45, 7) is 5.51. The molecule has 2 aromatic heterocycles. The zero-order valence-electron chi connectivity index (χ0n) is 9.44. The average molecular weight is 219 g/mol. The van der Waals surface area contributed by atoms with Crippen molar-refractivity contribution in [3.05, 3.63) is 38.7 Å². The summed E-state index contributed by atoms with van der Waals surface area (Å²) in [5.74, 6) is 0. The molecule has 2 heterocycles. The van der Waals surface area contributed by atoms with Gasteiger partial charge in [-0.2, -0.15) is 4.98 Å². The van der Waals surface area contributed by atoms with Crippen molar-refractivity contribution in [2.75, 3.05) is 0 Å². The molecule has 5 nitrogen and oxygen atoms in total. The minimum atomic E-state index is -0.344. The van der Waals surface area contributed by atoms with Crippen LogP contribution in [0.2, 0.25) is 0 Å². The minimum absolute atomic E-state index is 0.00916. The first-order chi connectivity index (χ1) is 7.49. The maximum atomic E-state index is 11.7. The highest BCUT2D eigenvalue weighted by Gasteiger charge is 2.07. The number of aromatic nitrogens is 3. The number of nitrogens with one attached hydrogen (secondary N) is 1. The van der Waals surface area contributed by atoms with Gasteiger partial charge in [0.15, 0.2) is 5.43 Å². The van der Waals surface area contributed by atoms with Gasteiger partial charge in [-0.1, -0.05) is 0 Å². The highest BCUT2D eigenvalue weighted by atomic mass is 16.1. The van der Waals surface area contributed by atoms with Crippen LogP contribution in [0.4, 0.5) is 0 Å². The first-order valence-corrected chi connectivity index (χ1v) is 5.12. The summed E-state index contributed by atoms with van der Waals surface area (Å²) in [5.41, 5.74) is 0.593. The van der Waals surface area contributed by atoms with Crippen LogP contribution in [0.15, 0.2) is 21.9 Å². The monoisotopic (exact) mass is 219 g/mol. The van der Waals surface area contributed by atoms with Gasteiger partial charge >= 0.3 is 5.69 Å². The fourth-order valence-corrected chi connectivity index (χ4v) is 1.61. The lowest BCUT2D eigenvalue weighted by Crippen LogP contribution is -2.25. The van der Waals surface area contributed by atoms with Gasteiger partial charge in [0.05, 0.1) is 5.39 Å². The van der Waals surface area contributed by atoms with Crippen molar-refractivity contribution < 1.29 is 0 Å². The predicted molar refractivity (Wildman–Crippen MR) is 61.7 cm³/mol. The number of aryl methyl sites for hydroxylation is 1. The van der Waals surface area contributed by atoms with E-state index in [1.807, 2.05) is 13.8 Å². The van der Waals surface area contributed by atoms with Crippen LogP contribution in [-0.4, -0.2) is 14.5 Å². The molecule has 0 spiro atoms. The molecule has 2 aromatic rings. The second-order valence-electron chi connectivity index (χ2n) is 4.10. The molecule has 5 heteroatoms. The Labute approximate surface area is 91.8 Å². The Morgan fingerprint density at radius 3 is 2.69 bits per heavy atom. The van der Waals surface area contributed by atoms with E-state index in [-0.39, 0.29) is 17.2 Å². The summed E-state index contributed by atoms with van der Waals surface area (Å²) in [7, 11) is 0. The van der Waals surface area contributed by atoms with Crippen LogP contribution in [-0.2, 0) is 0 Å². The van der Waals surface area contributed by atoms with Gasteiger partial charge in [-0.25, -0.2) is 4.79 Å². The summed E-state index contributed by atoms with van der Waals surface area (Å²) in [6.07, 6.45) is 1.56. The Hall–Kier alpha value is -1.91. The number of H-pyrrole nitrogens is 1. The van der Waals surface area contributed by atoms with Crippen molar-refractivity contribution in [1.82, 2.24) is 14.5 Å². The number of hydrogen-bond donors (Lipinski definition) is 1. The number of fused-ring (bicyclic) bond motifs is 1. The Morgan fingerprint density at radius 2 is 2.06 bits per heavy atom. The maximum absolute atomic E-state index is 11.7. The molecule has 0 aliphatic carbocycles. The van der Waals surface area contributed by atoms with Gasteiger partial charge in [-0.05, 0) is 20.8 Å². The zero-order valence-corrected chi connectivity index (χ0v) is 9.44. The van der Waals surface area contributed by atoms with Crippen molar-refractivity contribution >= 4 is 11.0 Å². The summed E-state index contributed by atoms with van der Waals surface area (Å²) in [4.78, 5) is 30.1. The molecule has 0 saturated carbocycles. The summed E-state index contributed by atoms with van der Waals surface area (Å²) >= 11 is 0. The third kappa shape index (κ3) is 1.64. The third-order valence-electron chi connectivity index (χ3n) is 2.44. The molecule has 0 aliphatic heterocycles. The molecular formula is C11H13N3O2. The van der Waals surface area contributed by atoms with Crippen LogP contribution in [0, 0.1) is 6.92 Å². The molecule has 84 valence electrons. The quantitative estimate of drug-likeness (QED) is 0.777. The molecule has 0 bridgehead atoms. The second kappa shape index (κ2) is 3.59. The molecule has 0 fully saturated rings. The van der Waals surface area contributed by atoms with Crippen LogP contribution in [0.5, 0.6) is 0 Å². The van der Waals surface area contributed by atoms with Crippen molar-refractivity contribution in [3.8, 4) is 0 Å². The van der Waals surface area contributed by atoms with E-state index in [0.29, 0.717) is 16.7 Å². The van der Waals surface area contributed by atoms with Crippen LogP contribution in [0.25, 0.3) is 11.0 Å². The van der Waals surface area contributed by atoms with Crippen molar-refractivity contribution in [3.63, 3.8) is 0 Å². The number of hydrogen-bond acceptors (Lipinski definition) is 3. The van der Waals surface area contributed by atoms with Crippen LogP contribution in [0.1, 0.15) is 25.6 Å². The Morgan fingerprint density at radius 1 is 1.38 bits per heavy atom. The van der Waals surface area contributed by atoms with Crippen molar-refractivity contribution in [2.45, 2.75) is 26.8 Å². The number of nitrogens with zero attached hydrogens (tertiary/aromatic N) is 2. The normalized spacial score (nSPS) is 11.2. The van der Waals surface area contributed by atoms with E-state index in [2.05, 4.69) is 9.97 Å². The van der Waals surface area contributed by atoms with Gasteiger partial charge in [0, 0.05) is 24.0 Å². The lowest BCUT2D eigenvalue weighted by atomic mass is 10.3. The number of aromatic amines is 1. The highest BCUT2D eigenvalue weighted by molar-refractivity contribution is 5.73. The Kier molecular flexibility index (Phi) is 2.38. The summed E-state index contributed by atoms with van der Waals surface area (Å²) in [5, 5.41) is 0.443.